The average molecular weight is 258 g/mol. The molecule has 0 radical (unpaired) electrons. The molecule has 2 aromatic rings. The molecular formula is C15H14O4. The van der Waals surface area contributed by atoms with Crippen molar-refractivity contribution in [2.24, 2.45) is 0 Å². The highest BCUT2D eigenvalue weighted by molar-refractivity contribution is 5.73. The molecule has 4 N–H and O–H groups in total. The molecule has 0 aliphatic carbocycles. The fourth-order valence-corrected chi connectivity index (χ4v) is 1.76. The van der Waals surface area contributed by atoms with E-state index in [1.807, 2.05) is 0 Å². The molecule has 0 unspecified atom stereocenters. The highest BCUT2D eigenvalue weighted by Gasteiger charge is 2.07. The molecule has 0 atom stereocenters. The van der Waals surface area contributed by atoms with Crippen molar-refractivity contribution in [2.45, 2.75) is 6.61 Å². The zero-order valence-electron chi connectivity index (χ0n) is 10.1. The summed E-state index contributed by atoms with van der Waals surface area (Å²) in [6.45, 7) is -0.318. The first-order valence-electron chi connectivity index (χ1n) is 5.73. The van der Waals surface area contributed by atoms with E-state index in [1.165, 1.54) is 12.1 Å². The van der Waals surface area contributed by atoms with Gasteiger partial charge >= 0.3 is 0 Å². The lowest BCUT2D eigenvalue weighted by molar-refractivity contribution is 0.275. The maximum atomic E-state index is 9.62. The molecule has 4 nitrogen and oxygen atoms in total. The van der Waals surface area contributed by atoms with E-state index >= 15 is 0 Å². The Morgan fingerprint density at radius 3 is 2.16 bits per heavy atom. The van der Waals surface area contributed by atoms with Crippen molar-refractivity contribution in [3.63, 3.8) is 0 Å². The summed E-state index contributed by atoms with van der Waals surface area (Å²) in [6.07, 6.45) is 3.43. The zero-order valence-corrected chi connectivity index (χ0v) is 10.1. The smallest absolute Gasteiger partial charge is 0.125 e. The molecule has 4 heteroatoms. The molecule has 0 heterocycles. The minimum Gasteiger partial charge on any atom is -0.508 e. The van der Waals surface area contributed by atoms with E-state index < -0.39 is 0 Å². The molecule has 0 aliphatic rings. The number of phenols is 3. The van der Waals surface area contributed by atoms with Crippen LogP contribution in [0.1, 0.15) is 16.7 Å². The SMILES string of the molecule is OCc1c(O)cc(O)cc1C=Cc1ccc(O)cc1. The van der Waals surface area contributed by atoms with Gasteiger partial charge in [-0.25, -0.2) is 0 Å². The molecule has 0 saturated carbocycles. The fourth-order valence-electron chi connectivity index (χ4n) is 1.76. The number of hydrogen-bond donors (Lipinski definition) is 4. The van der Waals surface area contributed by atoms with Crippen LogP contribution in [0.3, 0.4) is 0 Å². The Kier molecular flexibility index (Phi) is 3.73. The van der Waals surface area contributed by atoms with Crippen LogP contribution in [0.5, 0.6) is 17.2 Å². The monoisotopic (exact) mass is 258 g/mol. The second kappa shape index (κ2) is 5.46. The quantitative estimate of drug-likeness (QED) is 0.637. The number of aromatic hydroxyl groups is 3. The molecule has 0 saturated heterocycles. The number of benzene rings is 2. The van der Waals surface area contributed by atoms with Gasteiger partial charge in [0.05, 0.1) is 6.61 Å². The standard InChI is InChI=1S/C15H14O4/c16-9-14-11(7-13(18)8-15(14)19)4-1-10-2-5-12(17)6-3-10/h1-8,16-19H,9H2. The third-order valence-corrected chi connectivity index (χ3v) is 2.75. The van der Waals surface area contributed by atoms with E-state index in [0.717, 1.165) is 5.56 Å². The number of aliphatic hydroxyl groups is 1. The number of hydrogen-bond acceptors (Lipinski definition) is 4. The molecular weight excluding hydrogens is 244 g/mol. The van der Waals surface area contributed by atoms with Gasteiger partial charge in [-0.05, 0) is 29.3 Å². The van der Waals surface area contributed by atoms with Crippen molar-refractivity contribution < 1.29 is 20.4 Å². The summed E-state index contributed by atoms with van der Waals surface area (Å²) >= 11 is 0. The number of aliphatic hydroxyl groups excluding tert-OH is 1. The van der Waals surface area contributed by atoms with Gasteiger partial charge in [-0.2, -0.15) is 0 Å². The van der Waals surface area contributed by atoms with Crippen LogP contribution >= 0.6 is 0 Å². The van der Waals surface area contributed by atoms with E-state index in [1.54, 1.807) is 36.4 Å². The van der Waals surface area contributed by atoms with Crippen LogP contribution in [0.4, 0.5) is 0 Å². The van der Waals surface area contributed by atoms with Crippen LogP contribution in [0.2, 0.25) is 0 Å². The summed E-state index contributed by atoms with van der Waals surface area (Å²) in [5.41, 5.74) is 1.74. The van der Waals surface area contributed by atoms with Crippen molar-refractivity contribution in [3.8, 4) is 17.2 Å². The Morgan fingerprint density at radius 2 is 1.53 bits per heavy atom. The molecule has 0 aromatic heterocycles. The third kappa shape index (κ3) is 3.05. The van der Waals surface area contributed by atoms with Crippen LogP contribution in [-0.4, -0.2) is 20.4 Å². The first kappa shape index (κ1) is 13.0. The van der Waals surface area contributed by atoms with E-state index in [4.69, 9.17) is 0 Å². The lowest BCUT2D eigenvalue weighted by Crippen LogP contribution is -1.89. The first-order chi connectivity index (χ1) is 9.10. The van der Waals surface area contributed by atoms with E-state index in [2.05, 4.69) is 0 Å². The summed E-state index contributed by atoms with van der Waals surface area (Å²) in [5.74, 6) is -0.0314. The zero-order chi connectivity index (χ0) is 13.8. The fraction of sp³-hybridized carbons (Fsp3) is 0.0667. The van der Waals surface area contributed by atoms with Crippen LogP contribution in [0.15, 0.2) is 36.4 Å². The van der Waals surface area contributed by atoms with Gasteiger partial charge in [0.25, 0.3) is 0 Å². The summed E-state index contributed by atoms with van der Waals surface area (Å²) in [6, 6.07) is 9.23. The molecule has 0 spiro atoms. The Hall–Kier alpha value is -2.46. The highest BCUT2D eigenvalue weighted by atomic mass is 16.3. The number of rotatable bonds is 3. The highest BCUT2D eigenvalue weighted by Crippen LogP contribution is 2.28. The van der Waals surface area contributed by atoms with Crippen molar-refractivity contribution in [1.82, 2.24) is 0 Å². The second-order valence-corrected chi connectivity index (χ2v) is 4.12. The van der Waals surface area contributed by atoms with Crippen molar-refractivity contribution in [1.29, 1.82) is 0 Å². The molecule has 0 fully saturated rings. The van der Waals surface area contributed by atoms with E-state index in [0.29, 0.717) is 11.1 Å². The second-order valence-electron chi connectivity index (χ2n) is 4.12. The number of phenolic OH excluding ortho intramolecular Hbond substituents is 2. The van der Waals surface area contributed by atoms with Gasteiger partial charge in [-0.3, -0.25) is 0 Å². The van der Waals surface area contributed by atoms with Gasteiger partial charge in [0.15, 0.2) is 0 Å². The Morgan fingerprint density at radius 1 is 0.842 bits per heavy atom. The molecule has 19 heavy (non-hydrogen) atoms. The van der Waals surface area contributed by atoms with Crippen LogP contribution in [0.25, 0.3) is 12.2 Å². The Labute approximate surface area is 110 Å². The minimum atomic E-state index is -0.318. The minimum absolute atomic E-state index is 0.0694. The van der Waals surface area contributed by atoms with Crippen LogP contribution in [-0.2, 0) is 6.61 Å². The predicted octanol–water partition coefficient (Wildman–Crippen LogP) is 2.47. The summed E-state index contributed by atoms with van der Waals surface area (Å²) in [5, 5.41) is 37.4. The first-order valence-corrected chi connectivity index (χ1v) is 5.73. The van der Waals surface area contributed by atoms with Gasteiger partial charge in [0.2, 0.25) is 0 Å². The Bertz CT molecular complexity index is 600. The molecule has 2 aromatic carbocycles. The van der Waals surface area contributed by atoms with E-state index in [9.17, 15) is 20.4 Å². The summed E-state index contributed by atoms with van der Waals surface area (Å²) in [7, 11) is 0. The predicted molar refractivity (Wildman–Crippen MR) is 72.7 cm³/mol. The maximum Gasteiger partial charge on any atom is 0.125 e. The summed E-state index contributed by atoms with van der Waals surface area (Å²) < 4.78 is 0. The lowest BCUT2D eigenvalue weighted by Gasteiger charge is -2.06. The van der Waals surface area contributed by atoms with Crippen LogP contribution in [0, 0.1) is 0 Å². The van der Waals surface area contributed by atoms with Gasteiger partial charge < -0.3 is 20.4 Å². The largest absolute Gasteiger partial charge is 0.508 e. The van der Waals surface area contributed by atoms with Crippen LogP contribution < -0.4 is 0 Å². The van der Waals surface area contributed by atoms with Gasteiger partial charge in [-0.1, -0.05) is 24.3 Å². The molecule has 2 rings (SSSR count). The average Bonchev–Trinajstić information content (AvgIpc) is 2.37. The molecule has 0 bridgehead atoms. The molecule has 0 aliphatic heterocycles. The summed E-state index contributed by atoms with van der Waals surface area (Å²) in [4.78, 5) is 0. The van der Waals surface area contributed by atoms with Gasteiger partial charge in [-0.15, -0.1) is 0 Å². The molecule has 0 amide bonds. The third-order valence-electron chi connectivity index (χ3n) is 2.75. The van der Waals surface area contributed by atoms with Crippen molar-refractivity contribution in [3.05, 3.63) is 53.1 Å². The van der Waals surface area contributed by atoms with Gasteiger partial charge in [0, 0.05) is 11.6 Å². The maximum absolute atomic E-state index is 9.62. The lowest BCUT2D eigenvalue weighted by atomic mass is 10.0. The topological polar surface area (TPSA) is 80.9 Å². The van der Waals surface area contributed by atoms with E-state index in [-0.39, 0.29) is 23.9 Å². The normalized spacial score (nSPS) is 11.0. The van der Waals surface area contributed by atoms with Gasteiger partial charge in [0.1, 0.15) is 17.2 Å². The van der Waals surface area contributed by atoms with Crippen molar-refractivity contribution in [2.75, 3.05) is 0 Å². The molecule has 98 valence electrons. The van der Waals surface area contributed by atoms with Crippen molar-refractivity contribution >= 4 is 12.2 Å². The Balaban J connectivity index is 2.34.